The molecule has 1 saturated heterocycles. The Morgan fingerprint density at radius 1 is 1.06 bits per heavy atom. The molecule has 0 N–H and O–H groups in total. The van der Waals surface area contributed by atoms with Crippen molar-refractivity contribution in [3.8, 4) is 10.6 Å². The number of benzene rings is 1. The molecule has 1 aliphatic heterocycles. The van der Waals surface area contributed by atoms with Crippen LogP contribution < -0.4 is 0 Å². The topological polar surface area (TPSA) is 54.3 Å². The van der Waals surface area contributed by atoms with Crippen molar-refractivity contribution in [1.29, 1.82) is 0 Å². The third-order valence-corrected chi connectivity index (χ3v) is 7.05. The second-order valence-electron chi connectivity index (χ2n) is 8.49. The number of carbonyl (C=O) groups excluding carboxylic acids is 1. The molecule has 5 rings (SSSR count). The Morgan fingerprint density at radius 2 is 1.81 bits per heavy atom. The van der Waals surface area contributed by atoms with Crippen LogP contribution in [0.25, 0.3) is 21.6 Å². The largest absolute Gasteiger partial charge is 0.336 e. The highest BCUT2D eigenvalue weighted by Gasteiger charge is 2.26. The predicted octanol–water partition coefficient (Wildman–Crippen LogP) is 4.27. The lowest BCUT2D eigenvalue weighted by atomic mass is 10.1. The fourth-order valence-corrected chi connectivity index (χ4v) is 5.08. The van der Waals surface area contributed by atoms with Crippen molar-refractivity contribution in [1.82, 2.24) is 24.6 Å². The van der Waals surface area contributed by atoms with Crippen LogP contribution in [0, 0.1) is 13.8 Å². The van der Waals surface area contributed by atoms with Crippen LogP contribution >= 0.6 is 11.3 Å². The van der Waals surface area contributed by atoms with Crippen LogP contribution in [-0.2, 0) is 13.6 Å². The van der Waals surface area contributed by atoms with E-state index in [4.69, 9.17) is 4.98 Å². The van der Waals surface area contributed by atoms with Gasteiger partial charge in [0, 0.05) is 39.8 Å². The molecule has 1 aliphatic rings. The standard InChI is InChI=1S/C25H27N5OS/c1-17-6-8-19(9-7-17)16-29-10-12-30(13-11-29)25(31)20-15-21(22-5-4-14-32-22)26-24-23(20)18(2)27-28(24)3/h4-9,14-15H,10-13,16H2,1-3H3. The summed E-state index contributed by atoms with van der Waals surface area (Å²) < 4.78 is 1.78. The van der Waals surface area contributed by atoms with Crippen molar-refractivity contribution < 1.29 is 4.79 Å². The molecule has 0 bridgehead atoms. The Morgan fingerprint density at radius 3 is 2.50 bits per heavy atom. The third-order valence-electron chi connectivity index (χ3n) is 6.16. The maximum absolute atomic E-state index is 13.6. The van der Waals surface area contributed by atoms with Crippen molar-refractivity contribution in [2.75, 3.05) is 26.2 Å². The summed E-state index contributed by atoms with van der Waals surface area (Å²) in [6, 6.07) is 14.7. The SMILES string of the molecule is Cc1ccc(CN2CCN(C(=O)c3cc(-c4cccs4)nc4c3c(C)nn4C)CC2)cc1. The number of hydrogen-bond donors (Lipinski definition) is 0. The second kappa shape index (κ2) is 8.48. The van der Waals surface area contributed by atoms with E-state index in [-0.39, 0.29) is 5.91 Å². The quantitative estimate of drug-likeness (QED) is 0.471. The highest BCUT2D eigenvalue weighted by molar-refractivity contribution is 7.13. The Balaban J connectivity index is 1.38. The molecule has 0 spiro atoms. The maximum Gasteiger partial charge on any atom is 0.254 e. The number of piperazine rings is 1. The lowest BCUT2D eigenvalue weighted by Crippen LogP contribution is -2.48. The number of rotatable bonds is 4. The van der Waals surface area contributed by atoms with E-state index in [0.717, 1.165) is 60.0 Å². The van der Waals surface area contributed by atoms with Gasteiger partial charge >= 0.3 is 0 Å². The molecule has 3 aromatic heterocycles. The Hall–Kier alpha value is -3.03. The molecule has 0 atom stereocenters. The van der Waals surface area contributed by atoms with Gasteiger partial charge in [0.05, 0.1) is 27.2 Å². The zero-order chi connectivity index (χ0) is 22.2. The van der Waals surface area contributed by atoms with Crippen molar-refractivity contribution in [2.45, 2.75) is 20.4 Å². The first-order chi connectivity index (χ1) is 15.5. The van der Waals surface area contributed by atoms with E-state index in [1.54, 1.807) is 16.0 Å². The molecule has 0 saturated carbocycles. The van der Waals surface area contributed by atoms with Crippen LogP contribution in [0.5, 0.6) is 0 Å². The summed E-state index contributed by atoms with van der Waals surface area (Å²) in [4.78, 5) is 23.9. The zero-order valence-electron chi connectivity index (χ0n) is 18.7. The molecule has 0 radical (unpaired) electrons. The normalized spacial score (nSPS) is 14.9. The van der Waals surface area contributed by atoms with Gasteiger partial charge in [0.2, 0.25) is 0 Å². The summed E-state index contributed by atoms with van der Waals surface area (Å²) in [5, 5.41) is 7.44. The van der Waals surface area contributed by atoms with Crippen molar-refractivity contribution in [3.05, 3.63) is 70.2 Å². The molecular formula is C25H27N5OS. The minimum absolute atomic E-state index is 0.0706. The van der Waals surface area contributed by atoms with Crippen LogP contribution in [-0.4, -0.2) is 56.7 Å². The van der Waals surface area contributed by atoms with Gasteiger partial charge in [-0.05, 0) is 36.9 Å². The molecule has 164 valence electrons. The van der Waals surface area contributed by atoms with E-state index in [0.29, 0.717) is 5.56 Å². The summed E-state index contributed by atoms with van der Waals surface area (Å²) in [5.41, 5.74) is 5.73. The van der Waals surface area contributed by atoms with Crippen molar-refractivity contribution in [2.24, 2.45) is 7.05 Å². The number of carbonyl (C=O) groups is 1. The number of aromatic nitrogens is 3. The molecular weight excluding hydrogens is 418 g/mol. The number of fused-ring (bicyclic) bond motifs is 1. The Bertz CT molecular complexity index is 1250. The van der Waals surface area contributed by atoms with E-state index in [1.165, 1.54) is 11.1 Å². The molecule has 6 nitrogen and oxygen atoms in total. The van der Waals surface area contributed by atoms with Gasteiger partial charge < -0.3 is 4.90 Å². The molecule has 1 fully saturated rings. The average Bonchev–Trinajstić information content (AvgIpc) is 3.43. The maximum atomic E-state index is 13.6. The molecule has 0 unspecified atom stereocenters. The first-order valence-corrected chi connectivity index (χ1v) is 11.8. The number of thiophene rings is 1. The molecule has 32 heavy (non-hydrogen) atoms. The summed E-state index contributed by atoms with van der Waals surface area (Å²) >= 11 is 1.63. The molecule has 7 heteroatoms. The van der Waals surface area contributed by atoms with E-state index >= 15 is 0 Å². The second-order valence-corrected chi connectivity index (χ2v) is 9.44. The lowest BCUT2D eigenvalue weighted by molar-refractivity contribution is 0.0630. The van der Waals surface area contributed by atoms with E-state index in [1.807, 2.05) is 42.5 Å². The Kier molecular flexibility index (Phi) is 5.53. The minimum atomic E-state index is 0.0706. The van der Waals surface area contributed by atoms with E-state index < -0.39 is 0 Å². The summed E-state index contributed by atoms with van der Waals surface area (Å²) in [5.74, 6) is 0.0706. The smallest absolute Gasteiger partial charge is 0.254 e. The van der Waals surface area contributed by atoms with Crippen LogP contribution in [0.3, 0.4) is 0 Å². The fourth-order valence-electron chi connectivity index (χ4n) is 4.40. The molecule has 4 heterocycles. The van der Waals surface area contributed by atoms with Gasteiger partial charge in [0.1, 0.15) is 0 Å². The first kappa shape index (κ1) is 20.8. The van der Waals surface area contributed by atoms with Gasteiger partial charge in [-0.1, -0.05) is 35.9 Å². The fraction of sp³-hybridized carbons (Fsp3) is 0.320. The monoisotopic (exact) mass is 445 g/mol. The van der Waals surface area contributed by atoms with Crippen molar-refractivity contribution >= 4 is 28.3 Å². The van der Waals surface area contributed by atoms with Crippen LogP contribution in [0.15, 0.2) is 47.8 Å². The minimum Gasteiger partial charge on any atom is -0.336 e. The molecule has 1 aromatic carbocycles. The summed E-state index contributed by atoms with van der Waals surface area (Å²) in [7, 11) is 1.89. The van der Waals surface area contributed by atoms with Gasteiger partial charge in [-0.3, -0.25) is 14.4 Å². The highest BCUT2D eigenvalue weighted by atomic mass is 32.1. The number of pyridine rings is 1. The van der Waals surface area contributed by atoms with Crippen LogP contribution in [0.2, 0.25) is 0 Å². The first-order valence-electron chi connectivity index (χ1n) is 10.9. The molecule has 1 amide bonds. The summed E-state index contributed by atoms with van der Waals surface area (Å²) in [6.45, 7) is 8.18. The van der Waals surface area contributed by atoms with Crippen molar-refractivity contribution in [3.63, 3.8) is 0 Å². The lowest BCUT2D eigenvalue weighted by Gasteiger charge is -2.35. The number of hydrogen-bond acceptors (Lipinski definition) is 5. The van der Waals surface area contributed by atoms with E-state index in [9.17, 15) is 4.79 Å². The van der Waals surface area contributed by atoms with Gasteiger partial charge in [-0.25, -0.2) is 4.98 Å². The van der Waals surface area contributed by atoms with Gasteiger partial charge in [0.25, 0.3) is 5.91 Å². The number of nitrogens with zero attached hydrogens (tertiary/aromatic N) is 5. The molecule has 4 aromatic rings. The molecule has 0 aliphatic carbocycles. The third kappa shape index (κ3) is 3.94. The van der Waals surface area contributed by atoms with Gasteiger partial charge in [0.15, 0.2) is 5.65 Å². The zero-order valence-corrected chi connectivity index (χ0v) is 19.5. The number of amides is 1. The van der Waals surface area contributed by atoms with Crippen LogP contribution in [0.4, 0.5) is 0 Å². The average molecular weight is 446 g/mol. The van der Waals surface area contributed by atoms with Gasteiger partial charge in [-0.2, -0.15) is 5.10 Å². The summed E-state index contributed by atoms with van der Waals surface area (Å²) in [6.07, 6.45) is 0. The predicted molar refractivity (Wildman–Crippen MR) is 129 cm³/mol. The van der Waals surface area contributed by atoms with E-state index in [2.05, 4.69) is 41.2 Å². The number of aryl methyl sites for hydroxylation is 3. The van der Waals surface area contributed by atoms with Gasteiger partial charge in [-0.15, -0.1) is 11.3 Å². The highest BCUT2D eigenvalue weighted by Crippen LogP contribution is 2.30. The Labute approximate surface area is 192 Å². The van der Waals surface area contributed by atoms with Crippen LogP contribution in [0.1, 0.15) is 27.2 Å².